The first-order chi connectivity index (χ1) is 12.2. The van der Waals surface area contributed by atoms with Gasteiger partial charge in [-0.15, -0.1) is 24.0 Å². The van der Waals surface area contributed by atoms with Crippen LogP contribution in [0.2, 0.25) is 0 Å². The maximum Gasteiger partial charge on any atom is 0.193 e. The van der Waals surface area contributed by atoms with Gasteiger partial charge in [0.1, 0.15) is 5.82 Å². The number of aromatic nitrogens is 1. The van der Waals surface area contributed by atoms with Gasteiger partial charge in [0.15, 0.2) is 5.96 Å². The third-order valence-corrected chi connectivity index (χ3v) is 6.02. The summed E-state index contributed by atoms with van der Waals surface area (Å²) in [5.41, 5.74) is 2.63. The van der Waals surface area contributed by atoms with Gasteiger partial charge in [-0.1, -0.05) is 12.8 Å². The lowest BCUT2D eigenvalue weighted by Gasteiger charge is -2.25. The van der Waals surface area contributed by atoms with Crippen molar-refractivity contribution in [3.8, 4) is 0 Å². The predicted molar refractivity (Wildman–Crippen MR) is 116 cm³/mol. The van der Waals surface area contributed by atoms with E-state index in [-0.39, 0.29) is 29.8 Å². The molecule has 2 fully saturated rings. The number of hydrogen-bond donors (Lipinski definition) is 2. The number of nitrogens with zero attached hydrogens (tertiary/aromatic N) is 2. The number of hydrogen-bond acceptors (Lipinski definition) is 1. The number of aliphatic imine (C=N–C) groups is 1. The second-order valence-electron chi connectivity index (χ2n) is 7.61. The molecule has 26 heavy (non-hydrogen) atoms. The van der Waals surface area contributed by atoms with Crippen LogP contribution >= 0.6 is 24.0 Å². The SMILES string of the molecule is CN=C(NCCc1c[nH]c2cc(F)ccc12)N1CCC2(CCCC2)C1.I. The highest BCUT2D eigenvalue weighted by molar-refractivity contribution is 14.0. The van der Waals surface area contributed by atoms with E-state index >= 15 is 0 Å². The fourth-order valence-electron chi connectivity index (χ4n) is 4.66. The van der Waals surface area contributed by atoms with Crippen LogP contribution in [-0.2, 0) is 6.42 Å². The first-order valence-corrected chi connectivity index (χ1v) is 9.40. The Morgan fingerprint density at radius 1 is 1.31 bits per heavy atom. The molecule has 2 N–H and O–H groups in total. The van der Waals surface area contributed by atoms with Crippen LogP contribution < -0.4 is 5.32 Å². The van der Waals surface area contributed by atoms with Crippen LogP contribution in [0.3, 0.4) is 0 Å². The number of H-pyrrole nitrogens is 1. The molecule has 1 saturated carbocycles. The number of likely N-dealkylation sites (tertiary alicyclic amines) is 1. The average molecular weight is 470 g/mol. The summed E-state index contributed by atoms with van der Waals surface area (Å²) in [4.78, 5) is 10.1. The molecule has 4 rings (SSSR count). The van der Waals surface area contributed by atoms with E-state index < -0.39 is 0 Å². The lowest BCUT2D eigenvalue weighted by atomic mass is 9.86. The van der Waals surface area contributed by atoms with E-state index in [0.717, 1.165) is 42.9 Å². The number of aromatic amines is 1. The summed E-state index contributed by atoms with van der Waals surface area (Å²) in [5.74, 6) is 0.823. The van der Waals surface area contributed by atoms with Crippen molar-refractivity contribution in [1.29, 1.82) is 0 Å². The van der Waals surface area contributed by atoms with Crippen LogP contribution in [-0.4, -0.2) is 42.5 Å². The molecule has 0 atom stereocenters. The molecule has 142 valence electrons. The highest BCUT2D eigenvalue weighted by atomic mass is 127. The minimum atomic E-state index is -0.200. The quantitative estimate of drug-likeness (QED) is 0.399. The van der Waals surface area contributed by atoms with Gasteiger partial charge in [-0.2, -0.15) is 0 Å². The second kappa shape index (κ2) is 8.15. The number of benzene rings is 1. The smallest absolute Gasteiger partial charge is 0.193 e. The van der Waals surface area contributed by atoms with E-state index in [4.69, 9.17) is 0 Å². The largest absolute Gasteiger partial charge is 0.361 e. The second-order valence-corrected chi connectivity index (χ2v) is 7.61. The standard InChI is InChI=1S/C20H27FN4.HI/c1-22-19(25-11-9-20(14-25)7-2-3-8-20)23-10-6-15-13-24-18-12-16(21)4-5-17(15)18;/h4-5,12-13,24H,2-3,6-11,14H2,1H3,(H,22,23);1H. The van der Waals surface area contributed by atoms with Gasteiger partial charge in [0, 0.05) is 43.8 Å². The highest BCUT2D eigenvalue weighted by Crippen LogP contribution is 2.45. The number of nitrogens with one attached hydrogen (secondary N) is 2. The molecule has 0 radical (unpaired) electrons. The topological polar surface area (TPSA) is 43.4 Å². The lowest BCUT2D eigenvalue weighted by Crippen LogP contribution is -2.41. The van der Waals surface area contributed by atoms with Gasteiger partial charge in [-0.05, 0) is 54.9 Å². The van der Waals surface area contributed by atoms with Gasteiger partial charge in [0.2, 0.25) is 0 Å². The maximum absolute atomic E-state index is 13.3. The van der Waals surface area contributed by atoms with E-state index in [2.05, 4.69) is 20.2 Å². The molecule has 1 aromatic carbocycles. The zero-order valence-corrected chi connectivity index (χ0v) is 17.7. The molecule has 2 heterocycles. The fourth-order valence-corrected chi connectivity index (χ4v) is 4.66. The van der Waals surface area contributed by atoms with Crippen LogP contribution in [0.25, 0.3) is 10.9 Å². The Morgan fingerprint density at radius 2 is 2.12 bits per heavy atom. The first-order valence-electron chi connectivity index (χ1n) is 9.40. The van der Waals surface area contributed by atoms with Gasteiger partial charge >= 0.3 is 0 Å². The average Bonchev–Trinajstić information content (AvgIpc) is 3.33. The van der Waals surface area contributed by atoms with E-state index in [1.54, 1.807) is 6.07 Å². The van der Waals surface area contributed by atoms with E-state index in [1.807, 2.05) is 19.3 Å². The molecule has 0 amide bonds. The number of fused-ring (bicyclic) bond motifs is 1. The van der Waals surface area contributed by atoms with Crippen LogP contribution in [0.1, 0.15) is 37.7 Å². The molecule has 1 aliphatic heterocycles. The van der Waals surface area contributed by atoms with Crippen molar-refractivity contribution in [2.45, 2.75) is 38.5 Å². The molecule has 1 saturated heterocycles. The molecular formula is C20H28FIN4. The Kier molecular flexibility index (Phi) is 6.10. The van der Waals surface area contributed by atoms with Crippen LogP contribution in [0, 0.1) is 11.2 Å². The van der Waals surface area contributed by atoms with Crippen molar-refractivity contribution in [2.24, 2.45) is 10.4 Å². The Balaban J connectivity index is 0.00000196. The monoisotopic (exact) mass is 470 g/mol. The number of guanidine groups is 1. The molecule has 2 aromatic rings. The van der Waals surface area contributed by atoms with Crippen molar-refractivity contribution < 1.29 is 4.39 Å². The molecular weight excluding hydrogens is 442 g/mol. The fraction of sp³-hybridized carbons (Fsp3) is 0.550. The van der Waals surface area contributed by atoms with Gasteiger partial charge in [0.25, 0.3) is 0 Å². The van der Waals surface area contributed by atoms with Crippen molar-refractivity contribution in [2.75, 3.05) is 26.7 Å². The molecule has 6 heteroatoms. The lowest BCUT2D eigenvalue weighted by molar-refractivity contribution is 0.309. The summed E-state index contributed by atoms with van der Waals surface area (Å²) in [5, 5.41) is 4.62. The summed E-state index contributed by atoms with van der Waals surface area (Å²) in [6.45, 7) is 3.10. The van der Waals surface area contributed by atoms with Crippen molar-refractivity contribution in [3.63, 3.8) is 0 Å². The van der Waals surface area contributed by atoms with Crippen LogP contribution in [0.5, 0.6) is 0 Å². The molecule has 0 bridgehead atoms. The Hall–Kier alpha value is -1.31. The van der Waals surface area contributed by atoms with E-state index in [1.165, 1.54) is 43.7 Å². The molecule has 1 spiro atoms. The Morgan fingerprint density at radius 3 is 2.88 bits per heavy atom. The zero-order chi connectivity index (χ0) is 17.3. The van der Waals surface area contributed by atoms with Crippen molar-refractivity contribution in [1.82, 2.24) is 15.2 Å². The van der Waals surface area contributed by atoms with Gasteiger partial charge in [-0.3, -0.25) is 4.99 Å². The summed E-state index contributed by atoms with van der Waals surface area (Å²) in [6.07, 6.45) is 9.73. The molecule has 2 aliphatic rings. The highest BCUT2D eigenvalue weighted by Gasteiger charge is 2.40. The van der Waals surface area contributed by atoms with Gasteiger partial charge in [0.05, 0.1) is 0 Å². The Labute approximate surface area is 171 Å². The minimum Gasteiger partial charge on any atom is -0.361 e. The third-order valence-electron chi connectivity index (χ3n) is 6.02. The van der Waals surface area contributed by atoms with Crippen LogP contribution in [0.4, 0.5) is 4.39 Å². The minimum absolute atomic E-state index is 0. The summed E-state index contributed by atoms with van der Waals surface area (Å²) >= 11 is 0. The normalized spacial score (nSPS) is 19.3. The summed E-state index contributed by atoms with van der Waals surface area (Å²) < 4.78 is 13.3. The maximum atomic E-state index is 13.3. The molecule has 0 unspecified atom stereocenters. The molecule has 1 aromatic heterocycles. The van der Waals surface area contributed by atoms with Crippen LogP contribution in [0.15, 0.2) is 29.4 Å². The Bertz CT molecular complexity index is 779. The van der Waals surface area contributed by atoms with Gasteiger partial charge in [-0.25, -0.2) is 4.39 Å². The predicted octanol–water partition coefficient (Wildman–Crippen LogP) is 4.31. The van der Waals surface area contributed by atoms with Crippen molar-refractivity contribution >= 4 is 40.8 Å². The number of halogens is 2. The van der Waals surface area contributed by atoms with E-state index in [9.17, 15) is 4.39 Å². The van der Waals surface area contributed by atoms with Crippen molar-refractivity contribution in [3.05, 3.63) is 35.8 Å². The molecule has 1 aliphatic carbocycles. The first kappa shape index (κ1) is 19.5. The summed E-state index contributed by atoms with van der Waals surface area (Å²) in [6, 6.07) is 4.93. The third kappa shape index (κ3) is 3.85. The van der Waals surface area contributed by atoms with Gasteiger partial charge < -0.3 is 15.2 Å². The zero-order valence-electron chi connectivity index (χ0n) is 15.4. The number of rotatable bonds is 3. The summed E-state index contributed by atoms with van der Waals surface area (Å²) in [7, 11) is 1.87. The van der Waals surface area contributed by atoms with E-state index in [0.29, 0.717) is 5.41 Å². The molecule has 4 nitrogen and oxygen atoms in total.